The summed E-state index contributed by atoms with van der Waals surface area (Å²) in [6.45, 7) is 2.70. The van der Waals surface area contributed by atoms with Crippen molar-refractivity contribution in [3.8, 4) is 22.6 Å². The van der Waals surface area contributed by atoms with Crippen LogP contribution in [0, 0.1) is 6.92 Å². The standard InChI is InChI=1S/C25H26N2O3/c1-17-14-19(18-8-5-4-6-9-18)15-22(26-17)23-10-7-13-27(23)25(28)21-16-20(29-2)11-12-24(21)30-3/h4-6,8-9,11-12,14-16,23H,7,10,13H2,1-3H3/t23-/m1/s1. The summed E-state index contributed by atoms with van der Waals surface area (Å²) in [5.41, 5.74) is 4.66. The molecule has 1 saturated heterocycles. The number of rotatable bonds is 5. The fourth-order valence-electron chi connectivity index (χ4n) is 4.12. The number of nitrogens with zero attached hydrogens (tertiary/aromatic N) is 2. The molecule has 0 radical (unpaired) electrons. The van der Waals surface area contributed by atoms with E-state index >= 15 is 0 Å². The second-order valence-electron chi connectivity index (χ2n) is 7.51. The van der Waals surface area contributed by atoms with Crippen LogP contribution in [0.3, 0.4) is 0 Å². The molecule has 5 heteroatoms. The maximum atomic E-state index is 13.5. The number of benzene rings is 2. The summed E-state index contributed by atoms with van der Waals surface area (Å²) in [4.78, 5) is 20.2. The van der Waals surface area contributed by atoms with E-state index < -0.39 is 0 Å². The van der Waals surface area contributed by atoms with Gasteiger partial charge in [-0.15, -0.1) is 0 Å². The second-order valence-corrected chi connectivity index (χ2v) is 7.51. The number of methoxy groups -OCH3 is 2. The lowest BCUT2D eigenvalue weighted by atomic mass is 10.0. The molecule has 0 saturated carbocycles. The van der Waals surface area contributed by atoms with Crippen molar-refractivity contribution in [1.29, 1.82) is 0 Å². The van der Waals surface area contributed by atoms with Crippen LogP contribution in [0.2, 0.25) is 0 Å². The SMILES string of the molecule is COc1ccc(OC)c(C(=O)N2CCC[C@@H]2c2cc(-c3ccccc3)cc(C)n2)c1. The Morgan fingerprint density at radius 3 is 2.53 bits per heavy atom. The van der Waals surface area contributed by atoms with Crippen molar-refractivity contribution >= 4 is 5.91 Å². The molecule has 4 rings (SSSR count). The number of amides is 1. The van der Waals surface area contributed by atoms with Crippen LogP contribution in [0.25, 0.3) is 11.1 Å². The molecule has 0 unspecified atom stereocenters. The topological polar surface area (TPSA) is 51.7 Å². The van der Waals surface area contributed by atoms with Crippen molar-refractivity contribution in [2.45, 2.75) is 25.8 Å². The average molecular weight is 402 g/mol. The van der Waals surface area contributed by atoms with Gasteiger partial charge in [0.05, 0.1) is 31.5 Å². The van der Waals surface area contributed by atoms with Crippen LogP contribution in [0.15, 0.2) is 60.7 Å². The van der Waals surface area contributed by atoms with E-state index in [0.29, 0.717) is 23.6 Å². The zero-order valence-electron chi connectivity index (χ0n) is 17.6. The first-order valence-corrected chi connectivity index (χ1v) is 10.2. The molecule has 0 bridgehead atoms. The van der Waals surface area contributed by atoms with Crippen molar-refractivity contribution in [2.24, 2.45) is 0 Å². The van der Waals surface area contributed by atoms with Gasteiger partial charge >= 0.3 is 0 Å². The first-order valence-electron chi connectivity index (χ1n) is 10.2. The van der Waals surface area contributed by atoms with Crippen LogP contribution < -0.4 is 9.47 Å². The van der Waals surface area contributed by atoms with Gasteiger partial charge in [-0.2, -0.15) is 0 Å². The van der Waals surface area contributed by atoms with Gasteiger partial charge in [0.1, 0.15) is 11.5 Å². The van der Waals surface area contributed by atoms with Gasteiger partial charge in [-0.05, 0) is 61.2 Å². The molecule has 1 atom stereocenters. The number of pyridine rings is 1. The number of aromatic nitrogens is 1. The van der Waals surface area contributed by atoms with Gasteiger partial charge in [-0.1, -0.05) is 30.3 Å². The Balaban J connectivity index is 1.70. The quantitative estimate of drug-likeness (QED) is 0.599. The molecule has 0 aliphatic carbocycles. The summed E-state index contributed by atoms with van der Waals surface area (Å²) in [6.07, 6.45) is 1.84. The number of ether oxygens (including phenoxy) is 2. The molecule has 1 aliphatic rings. The molecule has 2 heterocycles. The molecule has 3 aromatic rings. The fraction of sp³-hybridized carbons (Fsp3) is 0.280. The van der Waals surface area contributed by atoms with E-state index in [1.807, 2.05) is 30.0 Å². The van der Waals surface area contributed by atoms with E-state index in [0.717, 1.165) is 35.4 Å². The summed E-state index contributed by atoms with van der Waals surface area (Å²) in [7, 11) is 3.17. The van der Waals surface area contributed by atoms with Gasteiger partial charge in [-0.3, -0.25) is 9.78 Å². The summed E-state index contributed by atoms with van der Waals surface area (Å²) in [5.74, 6) is 1.13. The van der Waals surface area contributed by atoms with Crippen molar-refractivity contribution < 1.29 is 14.3 Å². The van der Waals surface area contributed by atoms with Gasteiger partial charge < -0.3 is 14.4 Å². The van der Waals surface area contributed by atoms with Gasteiger partial charge in [0.2, 0.25) is 0 Å². The molecular weight excluding hydrogens is 376 g/mol. The highest BCUT2D eigenvalue weighted by Gasteiger charge is 2.33. The molecule has 1 amide bonds. The Kier molecular flexibility index (Phi) is 5.70. The molecular formula is C25H26N2O3. The van der Waals surface area contributed by atoms with E-state index in [9.17, 15) is 4.79 Å². The number of carbonyl (C=O) groups excluding carboxylic acids is 1. The summed E-state index contributed by atoms with van der Waals surface area (Å²) in [6, 6.07) is 19.7. The van der Waals surface area contributed by atoms with E-state index in [2.05, 4.69) is 24.3 Å². The predicted octanol–water partition coefficient (Wildman–Crippen LogP) is 5.05. The third-order valence-electron chi connectivity index (χ3n) is 5.57. The molecule has 5 nitrogen and oxygen atoms in total. The molecule has 1 fully saturated rings. The van der Waals surface area contributed by atoms with Gasteiger partial charge in [-0.25, -0.2) is 0 Å². The lowest BCUT2D eigenvalue weighted by molar-refractivity contribution is 0.0729. The minimum absolute atomic E-state index is 0.0576. The monoisotopic (exact) mass is 402 g/mol. The first kappa shape index (κ1) is 20.0. The second kappa shape index (κ2) is 8.57. The van der Waals surface area contributed by atoms with Crippen molar-refractivity contribution in [3.05, 3.63) is 77.6 Å². The normalized spacial score (nSPS) is 15.8. The number of likely N-dealkylation sites (tertiary alicyclic amines) is 1. The number of hydrogen-bond acceptors (Lipinski definition) is 4. The highest BCUT2D eigenvalue weighted by Crippen LogP contribution is 2.36. The van der Waals surface area contributed by atoms with Crippen molar-refractivity contribution in [1.82, 2.24) is 9.88 Å². The third kappa shape index (κ3) is 3.88. The lowest BCUT2D eigenvalue weighted by Gasteiger charge is -2.26. The van der Waals surface area contributed by atoms with E-state index in [-0.39, 0.29) is 11.9 Å². The summed E-state index contributed by atoms with van der Waals surface area (Å²) >= 11 is 0. The molecule has 30 heavy (non-hydrogen) atoms. The summed E-state index contributed by atoms with van der Waals surface area (Å²) < 4.78 is 10.8. The Morgan fingerprint density at radius 2 is 1.80 bits per heavy atom. The molecule has 1 aromatic heterocycles. The molecule has 0 N–H and O–H groups in total. The number of aryl methyl sites for hydroxylation is 1. The maximum absolute atomic E-state index is 13.5. The van der Waals surface area contributed by atoms with Crippen LogP contribution in [-0.2, 0) is 0 Å². The number of carbonyl (C=O) groups is 1. The molecule has 0 spiro atoms. The van der Waals surface area contributed by atoms with Crippen LogP contribution >= 0.6 is 0 Å². The highest BCUT2D eigenvalue weighted by molar-refractivity contribution is 5.97. The molecule has 154 valence electrons. The van der Waals surface area contributed by atoms with Crippen LogP contribution in [0.1, 0.15) is 40.6 Å². The Labute approximate surface area is 177 Å². The number of hydrogen-bond donors (Lipinski definition) is 0. The Morgan fingerprint density at radius 1 is 1.00 bits per heavy atom. The van der Waals surface area contributed by atoms with Crippen molar-refractivity contribution in [3.63, 3.8) is 0 Å². The first-order chi connectivity index (χ1) is 14.6. The van der Waals surface area contributed by atoms with Gasteiger partial charge in [0.25, 0.3) is 5.91 Å². The highest BCUT2D eigenvalue weighted by atomic mass is 16.5. The van der Waals surface area contributed by atoms with E-state index in [1.54, 1.807) is 32.4 Å². The molecule has 1 aliphatic heterocycles. The van der Waals surface area contributed by atoms with Crippen LogP contribution in [0.4, 0.5) is 0 Å². The predicted molar refractivity (Wildman–Crippen MR) is 117 cm³/mol. The largest absolute Gasteiger partial charge is 0.497 e. The van der Waals surface area contributed by atoms with Crippen LogP contribution in [-0.4, -0.2) is 36.6 Å². The average Bonchev–Trinajstić information content (AvgIpc) is 3.28. The minimum Gasteiger partial charge on any atom is -0.497 e. The minimum atomic E-state index is -0.0595. The van der Waals surface area contributed by atoms with Gasteiger partial charge in [0, 0.05) is 12.2 Å². The van der Waals surface area contributed by atoms with Crippen molar-refractivity contribution in [2.75, 3.05) is 20.8 Å². The van der Waals surface area contributed by atoms with E-state index in [4.69, 9.17) is 14.5 Å². The fourth-order valence-corrected chi connectivity index (χ4v) is 4.12. The zero-order valence-corrected chi connectivity index (χ0v) is 17.6. The zero-order chi connectivity index (χ0) is 21.1. The smallest absolute Gasteiger partial charge is 0.258 e. The molecule has 2 aromatic carbocycles. The Hall–Kier alpha value is -3.34. The summed E-state index contributed by atoms with van der Waals surface area (Å²) in [5, 5.41) is 0. The lowest BCUT2D eigenvalue weighted by Crippen LogP contribution is -2.31. The van der Waals surface area contributed by atoms with Crippen LogP contribution in [0.5, 0.6) is 11.5 Å². The third-order valence-corrected chi connectivity index (χ3v) is 5.57. The Bertz CT molecular complexity index is 1050. The van der Waals surface area contributed by atoms with E-state index in [1.165, 1.54) is 0 Å². The van der Waals surface area contributed by atoms with Gasteiger partial charge in [0.15, 0.2) is 0 Å². The maximum Gasteiger partial charge on any atom is 0.258 e.